The fraction of sp³-hybridized carbons (Fsp3) is 0.214. The van der Waals surface area contributed by atoms with Gasteiger partial charge in [-0.1, -0.05) is 0 Å². The Kier molecular flexibility index (Phi) is 2.67. The van der Waals surface area contributed by atoms with E-state index in [0.717, 1.165) is 5.69 Å². The van der Waals surface area contributed by atoms with Crippen molar-refractivity contribution in [2.24, 2.45) is 0 Å². The second-order valence-electron chi connectivity index (χ2n) is 4.34. The molecule has 2 aromatic rings. The lowest BCUT2D eigenvalue weighted by Gasteiger charge is -2.05. The van der Waals surface area contributed by atoms with Gasteiger partial charge in [-0.05, 0) is 32.0 Å². The summed E-state index contributed by atoms with van der Waals surface area (Å²) in [6, 6.07) is 5.11. The molecule has 96 valence electrons. The van der Waals surface area contributed by atoms with Crippen molar-refractivity contribution in [1.82, 2.24) is 9.97 Å². The molecule has 19 heavy (non-hydrogen) atoms. The number of hydrogen-bond acceptors (Lipinski definition) is 5. The molecule has 5 nitrogen and oxygen atoms in total. The summed E-state index contributed by atoms with van der Waals surface area (Å²) >= 11 is 0. The summed E-state index contributed by atoms with van der Waals surface area (Å²) in [5.74, 6) is 1.08. The Labute approximate surface area is 110 Å². The van der Waals surface area contributed by atoms with Gasteiger partial charge in [0.05, 0.1) is 11.4 Å². The predicted molar refractivity (Wildman–Crippen MR) is 67.5 cm³/mol. The number of hydrogen-bond donors (Lipinski definition) is 0. The van der Waals surface area contributed by atoms with E-state index < -0.39 is 0 Å². The first-order chi connectivity index (χ1) is 9.15. The zero-order valence-corrected chi connectivity index (χ0v) is 10.6. The highest BCUT2D eigenvalue weighted by Gasteiger charge is 2.19. The molecule has 3 rings (SSSR count). The summed E-state index contributed by atoms with van der Waals surface area (Å²) < 4.78 is 10.5. The highest BCUT2D eigenvalue weighted by Crippen LogP contribution is 2.33. The molecule has 0 bridgehead atoms. The summed E-state index contributed by atoms with van der Waals surface area (Å²) in [6.07, 6.45) is 1.64. The smallest absolute Gasteiger partial charge is 0.231 e. The molecule has 1 aliphatic heterocycles. The molecule has 1 aromatic heterocycles. The number of ketones is 1. The molecule has 0 fully saturated rings. The largest absolute Gasteiger partial charge is 0.454 e. The van der Waals surface area contributed by atoms with E-state index in [1.54, 1.807) is 31.3 Å². The Morgan fingerprint density at radius 1 is 1.21 bits per heavy atom. The second kappa shape index (κ2) is 4.35. The first kappa shape index (κ1) is 11.6. The van der Waals surface area contributed by atoms with Gasteiger partial charge >= 0.3 is 0 Å². The Hall–Kier alpha value is -2.43. The number of carbonyl (C=O) groups is 1. The van der Waals surface area contributed by atoms with Crippen LogP contribution in [0.25, 0.3) is 0 Å². The van der Waals surface area contributed by atoms with Gasteiger partial charge in [0, 0.05) is 11.8 Å². The number of aryl methyl sites for hydroxylation is 2. The Morgan fingerprint density at radius 2 is 2.00 bits per heavy atom. The van der Waals surface area contributed by atoms with Crippen molar-refractivity contribution in [2.45, 2.75) is 13.8 Å². The topological polar surface area (TPSA) is 61.3 Å². The maximum atomic E-state index is 12.4. The number of aromatic nitrogens is 2. The molecule has 0 atom stereocenters. The van der Waals surface area contributed by atoms with Gasteiger partial charge in [-0.3, -0.25) is 9.78 Å². The third-order valence-electron chi connectivity index (χ3n) is 2.93. The van der Waals surface area contributed by atoms with Crippen molar-refractivity contribution >= 4 is 5.78 Å². The van der Waals surface area contributed by atoms with E-state index in [2.05, 4.69) is 9.97 Å². The molecule has 2 heterocycles. The van der Waals surface area contributed by atoms with E-state index >= 15 is 0 Å². The molecule has 0 unspecified atom stereocenters. The molecule has 0 aliphatic carbocycles. The number of fused-ring (bicyclic) bond motifs is 1. The molecular weight excluding hydrogens is 244 g/mol. The summed E-state index contributed by atoms with van der Waals surface area (Å²) in [4.78, 5) is 20.8. The van der Waals surface area contributed by atoms with E-state index in [1.807, 2.05) is 6.92 Å². The summed E-state index contributed by atoms with van der Waals surface area (Å²) in [5, 5.41) is 0. The fourth-order valence-corrected chi connectivity index (χ4v) is 1.93. The van der Waals surface area contributed by atoms with E-state index in [0.29, 0.717) is 28.5 Å². The number of benzene rings is 1. The Morgan fingerprint density at radius 3 is 2.84 bits per heavy atom. The lowest BCUT2D eigenvalue weighted by Crippen LogP contribution is -2.09. The van der Waals surface area contributed by atoms with Crippen LogP contribution in [-0.2, 0) is 0 Å². The normalized spacial score (nSPS) is 12.5. The maximum Gasteiger partial charge on any atom is 0.231 e. The van der Waals surface area contributed by atoms with Crippen molar-refractivity contribution in [3.63, 3.8) is 0 Å². The first-order valence-electron chi connectivity index (χ1n) is 5.90. The minimum atomic E-state index is -0.160. The van der Waals surface area contributed by atoms with Crippen LogP contribution in [0, 0.1) is 13.8 Å². The van der Waals surface area contributed by atoms with Crippen LogP contribution in [0.1, 0.15) is 27.4 Å². The van der Waals surface area contributed by atoms with Crippen LogP contribution in [0.4, 0.5) is 0 Å². The third kappa shape index (κ3) is 2.03. The van der Waals surface area contributed by atoms with Crippen LogP contribution in [0.3, 0.4) is 0 Å². The van der Waals surface area contributed by atoms with E-state index in [1.165, 1.54) is 0 Å². The number of ether oxygens (including phenoxy) is 2. The monoisotopic (exact) mass is 256 g/mol. The van der Waals surface area contributed by atoms with E-state index in [9.17, 15) is 4.79 Å². The molecule has 0 N–H and O–H groups in total. The Bertz CT molecular complexity index is 668. The van der Waals surface area contributed by atoms with Crippen molar-refractivity contribution in [1.29, 1.82) is 0 Å². The number of rotatable bonds is 2. The summed E-state index contributed by atoms with van der Waals surface area (Å²) in [6.45, 7) is 3.77. The average Bonchev–Trinajstić information content (AvgIpc) is 2.88. The lowest BCUT2D eigenvalue weighted by atomic mass is 10.1. The third-order valence-corrected chi connectivity index (χ3v) is 2.93. The van der Waals surface area contributed by atoms with Crippen LogP contribution < -0.4 is 9.47 Å². The van der Waals surface area contributed by atoms with Gasteiger partial charge in [0.25, 0.3) is 0 Å². The molecule has 0 spiro atoms. The summed E-state index contributed by atoms with van der Waals surface area (Å²) in [7, 11) is 0. The quantitative estimate of drug-likeness (QED) is 0.769. The fourth-order valence-electron chi connectivity index (χ4n) is 1.93. The molecule has 1 aliphatic rings. The SMILES string of the molecule is Cc1cnc(C)c(C(=O)c2ccc3c(c2)OCO3)n1. The van der Waals surface area contributed by atoms with Crippen molar-refractivity contribution in [2.75, 3.05) is 6.79 Å². The first-order valence-corrected chi connectivity index (χ1v) is 5.90. The standard InChI is InChI=1S/C14H12N2O3/c1-8-6-15-9(2)13(16-8)14(17)10-3-4-11-12(5-10)19-7-18-11/h3-6H,7H2,1-2H3. The molecule has 1 aromatic carbocycles. The maximum absolute atomic E-state index is 12.4. The molecule has 0 amide bonds. The van der Waals surface area contributed by atoms with E-state index in [-0.39, 0.29) is 12.6 Å². The lowest BCUT2D eigenvalue weighted by molar-refractivity contribution is 0.103. The van der Waals surface area contributed by atoms with Crippen LogP contribution in [0.15, 0.2) is 24.4 Å². The molecule has 0 saturated heterocycles. The molecule has 5 heteroatoms. The highest BCUT2D eigenvalue weighted by molar-refractivity contribution is 6.08. The van der Waals surface area contributed by atoms with Gasteiger partial charge < -0.3 is 9.47 Å². The van der Waals surface area contributed by atoms with Gasteiger partial charge in [-0.25, -0.2) is 4.98 Å². The average molecular weight is 256 g/mol. The zero-order valence-electron chi connectivity index (χ0n) is 10.6. The van der Waals surface area contributed by atoms with Crippen molar-refractivity contribution in [3.8, 4) is 11.5 Å². The van der Waals surface area contributed by atoms with Crippen molar-refractivity contribution in [3.05, 3.63) is 47.0 Å². The number of carbonyl (C=O) groups excluding carboxylic acids is 1. The molecule has 0 radical (unpaired) electrons. The highest BCUT2D eigenvalue weighted by atomic mass is 16.7. The van der Waals surface area contributed by atoms with Crippen LogP contribution in [-0.4, -0.2) is 22.5 Å². The van der Waals surface area contributed by atoms with E-state index in [4.69, 9.17) is 9.47 Å². The van der Waals surface area contributed by atoms with Gasteiger partial charge in [0.2, 0.25) is 12.6 Å². The van der Waals surface area contributed by atoms with Gasteiger partial charge in [-0.15, -0.1) is 0 Å². The minimum absolute atomic E-state index is 0.160. The van der Waals surface area contributed by atoms with Gasteiger partial charge in [0.1, 0.15) is 5.69 Å². The Balaban J connectivity index is 2.02. The van der Waals surface area contributed by atoms with Crippen molar-refractivity contribution < 1.29 is 14.3 Å². The van der Waals surface area contributed by atoms with Crippen LogP contribution >= 0.6 is 0 Å². The van der Waals surface area contributed by atoms with Crippen LogP contribution in [0.2, 0.25) is 0 Å². The number of nitrogens with zero attached hydrogens (tertiary/aromatic N) is 2. The second-order valence-corrected chi connectivity index (χ2v) is 4.34. The van der Waals surface area contributed by atoms with Crippen LogP contribution in [0.5, 0.6) is 11.5 Å². The zero-order chi connectivity index (χ0) is 13.4. The van der Waals surface area contributed by atoms with Gasteiger partial charge in [-0.2, -0.15) is 0 Å². The predicted octanol–water partition coefficient (Wildman–Crippen LogP) is 2.05. The van der Waals surface area contributed by atoms with Gasteiger partial charge in [0.15, 0.2) is 11.5 Å². The molecule has 0 saturated carbocycles. The molecular formula is C14H12N2O3. The summed E-state index contributed by atoms with van der Waals surface area (Å²) in [5.41, 5.74) is 2.23. The minimum Gasteiger partial charge on any atom is -0.454 e.